The van der Waals surface area contributed by atoms with E-state index in [4.69, 9.17) is 4.74 Å². The Morgan fingerprint density at radius 1 is 1.08 bits per heavy atom. The van der Waals surface area contributed by atoms with Gasteiger partial charge in [-0.15, -0.1) is 10.2 Å². The molecule has 0 saturated heterocycles. The van der Waals surface area contributed by atoms with Gasteiger partial charge < -0.3 is 9.30 Å². The molecule has 0 radical (unpaired) electrons. The summed E-state index contributed by atoms with van der Waals surface area (Å²) in [5.74, 6) is 1.92. The fourth-order valence-electron chi connectivity index (χ4n) is 2.77. The van der Waals surface area contributed by atoms with Gasteiger partial charge in [0.1, 0.15) is 18.2 Å². The summed E-state index contributed by atoms with van der Waals surface area (Å²) >= 11 is 1.48. The van der Waals surface area contributed by atoms with Crippen molar-refractivity contribution in [2.45, 2.75) is 44.8 Å². The summed E-state index contributed by atoms with van der Waals surface area (Å²) in [7, 11) is 0. The molecule has 0 amide bonds. The van der Waals surface area contributed by atoms with Gasteiger partial charge in [-0.1, -0.05) is 36.0 Å². The quantitative estimate of drug-likeness (QED) is 0.553. The van der Waals surface area contributed by atoms with Crippen LogP contribution in [0.1, 0.15) is 29.4 Å². The molecule has 3 aromatic rings. The van der Waals surface area contributed by atoms with Crippen LogP contribution in [0.25, 0.3) is 0 Å². The maximum atomic E-state index is 13.8. The first-order valence-electron chi connectivity index (χ1n) is 8.56. The summed E-state index contributed by atoms with van der Waals surface area (Å²) in [4.78, 5) is 0. The molecule has 0 fully saturated rings. The van der Waals surface area contributed by atoms with E-state index in [1.807, 2.05) is 43.5 Å². The maximum Gasteiger partial charge on any atom is 0.191 e. The number of halogens is 1. The van der Waals surface area contributed by atoms with Crippen molar-refractivity contribution in [2.75, 3.05) is 0 Å². The number of benzene rings is 2. The fraction of sp³-hybridized carbons (Fsp3) is 0.300. The predicted molar refractivity (Wildman–Crippen MR) is 102 cm³/mol. The standard InChI is InChI=1S/C20H22FN3OS/c1-4-24-19(12-25-17-10-14(2)9-15(3)11-17)22-23-20(24)26-13-16-7-5-6-8-18(16)21/h5-11H,4,12-13H2,1-3H3. The number of hydrogen-bond acceptors (Lipinski definition) is 4. The van der Waals surface area contributed by atoms with Gasteiger partial charge in [0.25, 0.3) is 0 Å². The van der Waals surface area contributed by atoms with E-state index in [1.54, 1.807) is 12.1 Å². The topological polar surface area (TPSA) is 39.9 Å². The van der Waals surface area contributed by atoms with Crippen LogP contribution in [0.4, 0.5) is 4.39 Å². The molecule has 0 aliphatic heterocycles. The van der Waals surface area contributed by atoms with Gasteiger partial charge in [0.05, 0.1) is 0 Å². The van der Waals surface area contributed by atoms with Crippen LogP contribution in [0.3, 0.4) is 0 Å². The summed E-state index contributed by atoms with van der Waals surface area (Å²) in [6.45, 7) is 7.22. The Hall–Kier alpha value is -2.34. The normalized spacial score (nSPS) is 10.9. The van der Waals surface area contributed by atoms with Crippen molar-refractivity contribution in [3.05, 3.63) is 70.8 Å². The Labute approximate surface area is 157 Å². The molecule has 0 aliphatic carbocycles. The lowest BCUT2D eigenvalue weighted by Gasteiger charge is -2.10. The average Bonchev–Trinajstić information content (AvgIpc) is 3.00. The highest BCUT2D eigenvalue weighted by molar-refractivity contribution is 7.98. The average molecular weight is 371 g/mol. The first-order valence-corrected chi connectivity index (χ1v) is 9.54. The van der Waals surface area contributed by atoms with Crippen LogP contribution >= 0.6 is 11.8 Å². The molecule has 0 aliphatic rings. The van der Waals surface area contributed by atoms with Crippen LogP contribution in [0, 0.1) is 19.7 Å². The molecule has 2 aromatic carbocycles. The highest BCUT2D eigenvalue weighted by atomic mass is 32.2. The zero-order valence-electron chi connectivity index (χ0n) is 15.2. The Balaban J connectivity index is 1.68. The third kappa shape index (κ3) is 4.43. The van der Waals surface area contributed by atoms with E-state index in [0.717, 1.165) is 34.4 Å². The number of hydrogen-bond donors (Lipinski definition) is 0. The smallest absolute Gasteiger partial charge is 0.191 e. The Morgan fingerprint density at radius 2 is 1.81 bits per heavy atom. The Morgan fingerprint density at radius 3 is 2.50 bits per heavy atom. The molecule has 1 aromatic heterocycles. The van der Waals surface area contributed by atoms with Crippen molar-refractivity contribution in [3.63, 3.8) is 0 Å². The zero-order chi connectivity index (χ0) is 18.5. The SMILES string of the molecule is CCn1c(COc2cc(C)cc(C)c2)nnc1SCc1ccccc1F. The van der Waals surface area contributed by atoms with E-state index < -0.39 is 0 Å². The van der Waals surface area contributed by atoms with Crippen LogP contribution < -0.4 is 4.74 Å². The van der Waals surface area contributed by atoms with Crippen molar-refractivity contribution in [3.8, 4) is 5.75 Å². The number of rotatable bonds is 7. The molecule has 0 bridgehead atoms. The number of ether oxygens (including phenoxy) is 1. The number of aryl methyl sites for hydroxylation is 2. The van der Waals surface area contributed by atoms with Crippen molar-refractivity contribution >= 4 is 11.8 Å². The highest BCUT2D eigenvalue weighted by Gasteiger charge is 2.13. The first kappa shape index (κ1) is 18.5. The third-order valence-corrected chi connectivity index (χ3v) is 5.00. The van der Waals surface area contributed by atoms with Crippen LogP contribution in [0.15, 0.2) is 47.6 Å². The van der Waals surface area contributed by atoms with Gasteiger partial charge in [-0.25, -0.2) is 4.39 Å². The molecule has 0 spiro atoms. The van der Waals surface area contributed by atoms with Crippen LogP contribution in [0.5, 0.6) is 5.75 Å². The summed E-state index contributed by atoms with van der Waals surface area (Å²) in [5, 5.41) is 9.28. The van der Waals surface area contributed by atoms with Gasteiger partial charge in [0.2, 0.25) is 0 Å². The lowest BCUT2D eigenvalue weighted by molar-refractivity contribution is 0.288. The lowest BCUT2D eigenvalue weighted by Crippen LogP contribution is -2.07. The summed E-state index contributed by atoms with van der Waals surface area (Å²) in [6.07, 6.45) is 0. The van der Waals surface area contributed by atoms with Crippen LogP contribution in [-0.4, -0.2) is 14.8 Å². The molecule has 4 nitrogen and oxygen atoms in total. The van der Waals surface area contributed by atoms with Gasteiger partial charge in [-0.3, -0.25) is 0 Å². The van der Waals surface area contributed by atoms with Crippen molar-refractivity contribution in [2.24, 2.45) is 0 Å². The van der Waals surface area contributed by atoms with E-state index in [-0.39, 0.29) is 5.82 Å². The van der Waals surface area contributed by atoms with Gasteiger partial charge in [-0.2, -0.15) is 0 Å². The van der Waals surface area contributed by atoms with Crippen molar-refractivity contribution in [1.29, 1.82) is 0 Å². The molecule has 3 rings (SSSR count). The fourth-order valence-corrected chi connectivity index (χ4v) is 3.78. The number of aromatic nitrogens is 3. The second kappa shape index (κ2) is 8.36. The van der Waals surface area contributed by atoms with Gasteiger partial charge >= 0.3 is 0 Å². The maximum absolute atomic E-state index is 13.8. The summed E-state index contributed by atoms with van der Waals surface area (Å²) < 4.78 is 21.7. The van der Waals surface area contributed by atoms with Gasteiger partial charge in [0.15, 0.2) is 11.0 Å². The van der Waals surface area contributed by atoms with E-state index >= 15 is 0 Å². The molecular weight excluding hydrogens is 349 g/mol. The third-order valence-electron chi connectivity index (χ3n) is 3.99. The lowest BCUT2D eigenvalue weighted by atomic mass is 10.1. The highest BCUT2D eigenvalue weighted by Crippen LogP contribution is 2.24. The van der Waals surface area contributed by atoms with Crippen molar-refractivity contribution in [1.82, 2.24) is 14.8 Å². The van der Waals surface area contributed by atoms with Gasteiger partial charge in [-0.05, 0) is 55.7 Å². The van der Waals surface area contributed by atoms with E-state index in [1.165, 1.54) is 17.8 Å². The molecule has 0 unspecified atom stereocenters. The van der Waals surface area contributed by atoms with E-state index in [2.05, 4.69) is 16.3 Å². The zero-order valence-corrected chi connectivity index (χ0v) is 16.0. The second-order valence-electron chi connectivity index (χ2n) is 6.14. The molecule has 0 atom stereocenters. The number of nitrogens with zero attached hydrogens (tertiary/aromatic N) is 3. The molecule has 0 saturated carbocycles. The van der Waals surface area contributed by atoms with Crippen molar-refractivity contribution < 1.29 is 9.13 Å². The van der Waals surface area contributed by atoms with E-state index in [9.17, 15) is 4.39 Å². The van der Waals surface area contributed by atoms with Gasteiger partial charge in [0, 0.05) is 12.3 Å². The first-order chi connectivity index (χ1) is 12.6. The minimum absolute atomic E-state index is 0.194. The second-order valence-corrected chi connectivity index (χ2v) is 7.08. The molecule has 26 heavy (non-hydrogen) atoms. The molecule has 1 heterocycles. The van der Waals surface area contributed by atoms with Crippen LogP contribution in [0.2, 0.25) is 0 Å². The minimum Gasteiger partial charge on any atom is -0.486 e. The summed E-state index contributed by atoms with van der Waals surface area (Å²) in [5.41, 5.74) is 2.99. The van der Waals surface area contributed by atoms with Crippen LogP contribution in [-0.2, 0) is 18.9 Å². The van der Waals surface area contributed by atoms with E-state index in [0.29, 0.717) is 17.9 Å². The molecular formula is C20H22FN3OS. The monoisotopic (exact) mass is 371 g/mol. The summed E-state index contributed by atoms with van der Waals surface area (Å²) in [6, 6.07) is 12.9. The Kier molecular flexibility index (Phi) is 5.93. The molecule has 136 valence electrons. The Bertz CT molecular complexity index is 874. The largest absolute Gasteiger partial charge is 0.486 e. The molecule has 6 heteroatoms. The number of thioether (sulfide) groups is 1. The minimum atomic E-state index is -0.194. The predicted octanol–water partition coefficient (Wildman–Crippen LogP) is 4.93. The molecule has 0 N–H and O–H groups in total.